The summed E-state index contributed by atoms with van der Waals surface area (Å²) in [6, 6.07) is 22.8. The molecule has 4 rings (SSSR count). The third-order valence-electron chi connectivity index (χ3n) is 17.2. The number of rotatable bonds is 20. The van der Waals surface area contributed by atoms with Crippen LogP contribution in [0, 0.1) is 0 Å². The third-order valence-corrected chi connectivity index (χ3v) is 77.8. The van der Waals surface area contributed by atoms with E-state index in [4.69, 9.17) is 0 Å². The first-order chi connectivity index (χ1) is 31.9. The Bertz CT molecular complexity index is 2090. The molecule has 0 bridgehead atoms. The van der Waals surface area contributed by atoms with Crippen LogP contribution in [0.4, 0.5) is 0 Å². The number of hydrogen-bond donors (Lipinski definition) is 0. The lowest BCUT2D eigenvalue weighted by Crippen LogP contribution is -2.66. The fraction of sp³-hybridized carbons (Fsp3) is 0.700. The van der Waals surface area contributed by atoms with E-state index in [1.807, 2.05) is 43.0 Å². The standard InChI is InChI=1S/C60H122Si13/c1-61(2,3)55(62(4,5)6)45-41-47(57(65(13,14)15)66(16,17)18)53(48(42-45)58(67(19,20)21)68(22,23)24)73(51-39-37-38-40-52(51)73)54-49(59(69(25,26)27)70(28,29)30)43-46(56(63(7,8)9)64(10,11)12)44-50(54)60(71(31,32)33)72(34,35)36/h37-44,55-60H,1-36H3. The zero-order valence-electron chi connectivity index (χ0n) is 55.6. The van der Waals surface area contributed by atoms with E-state index in [0.717, 1.165) is 0 Å². The van der Waals surface area contributed by atoms with Gasteiger partial charge in [0.25, 0.3) is 0 Å². The van der Waals surface area contributed by atoms with Crippen LogP contribution in [0.25, 0.3) is 0 Å². The van der Waals surface area contributed by atoms with E-state index >= 15 is 0 Å². The summed E-state index contributed by atoms with van der Waals surface area (Å²) in [6.45, 7) is 100. The van der Waals surface area contributed by atoms with Crippen LogP contribution in [0.5, 0.6) is 0 Å². The molecular weight excluding hydrogens is 1090 g/mol. The zero-order valence-corrected chi connectivity index (χ0v) is 68.6. The van der Waals surface area contributed by atoms with Gasteiger partial charge in [0.1, 0.15) is 0 Å². The van der Waals surface area contributed by atoms with Crippen LogP contribution in [0.15, 0.2) is 48.5 Å². The summed E-state index contributed by atoms with van der Waals surface area (Å²) in [5, 5.41) is 11.6. The first-order valence-electron chi connectivity index (χ1n) is 29.3. The van der Waals surface area contributed by atoms with E-state index in [9.17, 15) is 0 Å². The highest BCUT2D eigenvalue weighted by Crippen LogP contribution is 2.50. The Balaban J connectivity index is 2.81. The first kappa shape index (κ1) is 66.0. The average Bonchev–Trinajstić information content (AvgIpc) is 3.68. The minimum atomic E-state index is -2.88. The molecule has 414 valence electrons. The molecule has 0 unspecified atom stereocenters. The van der Waals surface area contributed by atoms with E-state index in [2.05, 4.69) is 284 Å². The summed E-state index contributed by atoms with van der Waals surface area (Å²) in [7, 11) is -24.3. The van der Waals surface area contributed by atoms with Crippen molar-refractivity contribution >= 4 is 126 Å². The minimum absolute atomic E-state index is 0.659. The lowest BCUT2D eigenvalue weighted by atomic mass is 10.1. The van der Waals surface area contributed by atoms with Crippen molar-refractivity contribution in [2.45, 2.75) is 267 Å². The molecule has 0 N–H and O–H groups in total. The third kappa shape index (κ3) is 13.8. The molecule has 0 aliphatic carbocycles. The van der Waals surface area contributed by atoms with Crippen molar-refractivity contribution in [1.82, 2.24) is 0 Å². The Hall–Kier alpha value is 0.479. The molecule has 1 heterocycles. The van der Waals surface area contributed by atoms with Gasteiger partial charge in [0.05, 0.1) is 0 Å². The summed E-state index contributed by atoms with van der Waals surface area (Å²) < 4.78 is 0. The van der Waals surface area contributed by atoms with E-state index in [0.29, 0.717) is 31.0 Å². The molecule has 73 heavy (non-hydrogen) atoms. The molecular formula is C60H122Si13. The van der Waals surface area contributed by atoms with E-state index in [-0.39, 0.29) is 0 Å². The normalized spacial score (nSPS) is 16.2. The summed E-state index contributed by atoms with van der Waals surface area (Å²) in [5.74, 6) is 0. The molecule has 0 fully saturated rings. The number of hydrogen-bond acceptors (Lipinski definition) is 0. The predicted molar refractivity (Wildman–Crippen MR) is 380 cm³/mol. The second-order valence-corrected chi connectivity index (χ2v) is 108. The van der Waals surface area contributed by atoms with Crippen molar-refractivity contribution in [3.05, 3.63) is 81.9 Å². The molecule has 3 aromatic carbocycles. The van der Waals surface area contributed by atoms with Gasteiger partial charge in [-0.2, -0.15) is 0 Å². The van der Waals surface area contributed by atoms with Crippen LogP contribution >= 0.6 is 0 Å². The first-order valence-corrected chi connectivity index (χ1v) is 74.3. The molecule has 0 amide bonds. The molecule has 0 aromatic heterocycles. The van der Waals surface area contributed by atoms with Crippen LogP contribution < -0.4 is 20.7 Å². The van der Waals surface area contributed by atoms with Crippen LogP contribution in [-0.2, 0) is 0 Å². The molecule has 1 aliphatic heterocycles. The Morgan fingerprint density at radius 1 is 0.233 bits per heavy atom. The maximum atomic E-state index is 3.09. The van der Waals surface area contributed by atoms with Crippen molar-refractivity contribution in [3.8, 4) is 0 Å². The maximum absolute atomic E-state index is 3.09. The van der Waals surface area contributed by atoms with Gasteiger partial charge in [0.15, 0.2) is 8.07 Å². The van der Waals surface area contributed by atoms with Gasteiger partial charge in [-0.25, -0.2) is 0 Å². The monoisotopic (exact) mass is 1210 g/mol. The van der Waals surface area contributed by atoms with Gasteiger partial charge in [-0.3, -0.25) is 0 Å². The highest BCUT2D eigenvalue weighted by atomic mass is 28.4. The van der Waals surface area contributed by atoms with Crippen molar-refractivity contribution in [3.63, 3.8) is 0 Å². The highest BCUT2D eigenvalue weighted by molar-refractivity contribution is 7.33. The second kappa shape index (κ2) is 20.5. The summed E-state index contributed by atoms with van der Waals surface area (Å²) >= 11 is 0. The fourth-order valence-electron chi connectivity index (χ4n) is 18.8. The molecule has 0 saturated carbocycles. The fourth-order valence-corrected chi connectivity index (χ4v) is 102. The van der Waals surface area contributed by atoms with Crippen LogP contribution in [-0.4, -0.2) is 105 Å². The quantitative estimate of drug-likeness (QED) is 0.0774. The van der Waals surface area contributed by atoms with E-state index < -0.39 is 105 Å². The molecule has 0 spiro atoms. The van der Waals surface area contributed by atoms with Crippen molar-refractivity contribution in [2.24, 2.45) is 0 Å². The maximum Gasteiger partial charge on any atom is 0.180 e. The van der Waals surface area contributed by atoms with Crippen molar-refractivity contribution in [2.75, 3.05) is 0 Å². The lowest BCUT2D eigenvalue weighted by Gasteiger charge is -2.49. The van der Waals surface area contributed by atoms with Crippen molar-refractivity contribution < 1.29 is 0 Å². The molecule has 0 saturated heterocycles. The van der Waals surface area contributed by atoms with Gasteiger partial charge in [-0.15, -0.1) is 0 Å². The summed E-state index contributed by atoms with van der Waals surface area (Å²) in [6.07, 6.45) is 0. The topological polar surface area (TPSA) is 0 Å². The van der Waals surface area contributed by atoms with Gasteiger partial charge < -0.3 is 0 Å². The molecule has 3 aromatic rings. The number of benzene rings is 3. The Kier molecular flexibility index (Phi) is 18.5. The van der Waals surface area contributed by atoms with Crippen molar-refractivity contribution in [1.29, 1.82) is 0 Å². The van der Waals surface area contributed by atoms with E-state index in [1.54, 1.807) is 11.1 Å². The van der Waals surface area contributed by atoms with Gasteiger partial charge >= 0.3 is 0 Å². The average molecular weight is 1210 g/mol. The van der Waals surface area contributed by atoms with Gasteiger partial charge in [0, 0.05) is 96.9 Å². The van der Waals surface area contributed by atoms with Gasteiger partial charge in [0.2, 0.25) is 0 Å². The van der Waals surface area contributed by atoms with Crippen LogP contribution in [0.3, 0.4) is 0 Å². The van der Waals surface area contributed by atoms with E-state index in [1.165, 1.54) is 0 Å². The Morgan fingerprint density at radius 3 is 0.521 bits per heavy atom. The van der Waals surface area contributed by atoms with Crippen LogP contribution in [0.1, 0.15) is 64.4 Å². The van der Waals surface area contributed by atoms with Crippen LogP contribution in [0.2, 0.25) is 236 Å². The molecule has 1 aliphatic rings. The predicted octanol–water partition coefficient (Wildman–Crippen LogP) is 18.4. The van der Waals surface area contributed by atoms with Gasteiger partial charge in [-0.05, 0) is 85.1 Å². The molecule has 13 heteroatoms. The smallest absolute Gasteiger partial charge is 0.0693 e. The molecule has 0 radical (unpaired) electrons. The Labute approximate surface area is 470 Å². The number of fused-ring (bicyclic) bond motifs is 1. The summed E-state index contributed by atoms with van der Waals surface area (Å²) in [5.41, 5.74) is 11.2. The second-order valence-electron chi connectivity index (χ2n) is 37.4. The minimum Gasteiger partial charge on any atom is -0.0693 e. The summed E-state index contributed by atoms with van der Waals surface area (Å²) in [4.78, 5) is 0. The highest BCUT2D eigenvalue weighted by Gasteiger charge is 2.64. The molecule has 0 nitrogen and oxygen atoms in total. The molecule has 0 atom stereocenters. The van der Waals surface area contributed by atoms with Gasteiger partial charge in [-0.1, -0.05) is 284 Å². The largest absolute Gasteiger partial charge is 0.180 e. The Morgan fingerprint density at radius 2 is 0.384 bits per heavy atom. The lowest BCUT2D eigenvalue weighted by molar-refractivity contribution is 1.09. The zero-order chi connectivity index (χ0) is 57.4. The SMILES string of the molecule is C[Si](C)(C)C(c1cc(C([Si](C)(C)C)[Si](C)(C)C)c([Si]2(c3c(C([Si](C)(C)C)[Si](C)(C)C)cc(C([Si](C)(C)C)[Si](C)(C)C)cc3C([Si](C)(C)C)[Si](C)(C)C)c3ccccc32)c(C([Si](C)(C)C)[Si](C)(C)C)c1)[Si](C)(C)C.